The molecule has 0 radical (unpaired) electrons. The zero-order chi connectivity index (χ0) is 15.4. The fourth-order valence-electron chi connectivity index (χ4n) is 3.34. The number of allylic oxidation sites excluding steroid dienone is 5. The maximum absolute atomic E-state index is 4.44. The molecule has 1 aliphatic carbocycles. The Hall–Kier alpha value is -1.91. The van der Waals surface area contributed by atoms with Crippen LogP contribution in [0.3, 0.4) is 0 Å². The summed E-state index contributed by atoms with van der Waals surface area (Å²) in [6.45, 7) is 6.64. The van der Waals surface area contributed by atoms with Crippen LogP contribution in [0.25, 0.3) is 0 Å². The second-order valence-corrected chi connectivity index (χ2v) is 9.41. The van der Waals surface area contributed by atoms with Crippen LogP contribution in [0.2, 0.25) is 0 Å². The summed E-state index contributed by atoms with van der Waals surface area (Å²) in [5.41, 5.74) is 0. The van der Waals surface area contributed by atoms with Gasteiger partial charge in [-0.1, -0.05) is 55.1 Å². The van der Waals surface area contributed by atoms with Crippen molar-refractivity contribution < 1.29 is 0 Å². The van der Waals surface area contributed by atoms with E-state index in [2.05, 4.69) is 92.4 Å². The SMILES string of the molecule is C=C(C)[P+](C1=CC=CCC1)(c1ccccc1)c1ccccc1. The molecule has 1 heteroatoms. The molecule has 0 N–H and O–H groups in total. The summed E-state index contributed by atoms with van der Waals surface area (Å²) >= 11 is 0. The van der Waals surface area contributed by atoms with Gasteiger partial charge in [0.2, 0.25) is 0 Å². The topological polar surface area (TPSA) is 0 Å². The summed E-state index contributed by atoms with van der Waals surface area (Å²) in [6.07, 6.45) is 9.04. The van der Waals surface area contributed by atoms with E-state index in [1.807, 2.05) is 0 Å². The van der Waals surface area contributed by atoms with Crippen LogP contribution >= 0.6 is 7.26 Å². The number of hydrogen-bond acceptors (Lipinski definition) is 0. The standard InChI is InChI=1S/C21H22P/c1-18(2)22(19-12-6-3-7-13-19,20-14-8-4-9-15-20)21-16-10-5-11-17-21/h3-10,12-16H,1,11,17H2,2H3/q+1. The normalized spacial score (nSPS) is 14.5. The summed E-state index contributed by atoms with van der Waals surface area (Å²) < 4.78 is 0. The molecule has 22 heavy (non-hydrogen) atoms. The molecule has 0 nitrogen and oxygen atoms in total. The van der Waals surface area contributed by atoms with Crippen molar-refractivity contribution in [2.45, 2.75) is 19.8 Å². The zero-order valence-electron chi connectivity index (χ0n) is 13.1. The third-order valence-electron chi connectivity index (χ3n) is 4.28. The average molecular weight is 305 g/mol. The van der Waals surface area contributed by atoms with Gasteiger partial charge in [0, 0.05) is 6.42 Å². The number of benzene rings is 2. The van der Waals surface area contributed by atoms with Gasteiger partial charge in [-0.05, 0) is 43.7 Å². The van der Waals surface area contributed by atoms with Gasteiger partial charge in [0.05, 0.1) is 10.6 Å². The van der Waals surface area contributed by atoms with E-state index in [1.165, 1.54) is 15.9 Å². The molecule has 0 aliphatic heterocycles. The first-order valence-corrected chi connectivity index (χ1v) is 9.58. The van der Waals surface area contributed by atoms with Crippen LogP contribution in [0.15, 0.2) is 96.1 Å². The molecular formula is C21H22P+. The van der Waals surface area contributed by atoms with Gasteiger partial charge >= 0.3 is 0 Å². The molecule has 1 aliphatic rings. The zero-order valence-corrected chi connectivity index (χ0v) is 14.0. The van der Waals surface area contributed by atoms with Crippen molar-refractivity contribution >= 4 is 17.9 Å². The van der Waals surface area contributed by atoms with E-state index < -0.39 is 7.26 Å². The summed E-state index contributed by atoms with van der Waals surface area (Å²) in [5.74, 6) is 0. The molecule has 0 amide bonds. The Morgan fingerprint density at radius 1 is 0.909 bits per heavy atom. The molecule has 0 aromatic heterocycles. The largest absolute Gasteiger partial charge is 0.134 e. The third-order valence-corrected chi connectivity index (χ3v) is 8.81. The van der Waals surface area contributed by atoms with Crippen molar-refractivity contribution in [2.24, 2.45) is 0 Å². The Morgan fingerprint density at radius 2 is 1.45 bits per heavy atom. The van der Waals surface area contributed by atoms with E-state index in [-0.39, 0.29) is 0 Å². The molecule has 0 saturated carbocycles. The first kappa shape index (κ1) is 15.0. The van der Waals surface area contributed by atoms with E-state index in [0.717, 1.165) is 12.8 Å². The Balaban J connectivity index is 2.31. The Morgan fingerprint density at radius 3 is 1.86 bits per heavy atom. The van der Waals surface area contributed by atoms with Crippen LogP contribution in [0.1, 0.15) is 19.8 Å². The first-order chi connectivity index (χ1) is 10.8. The van der Waals surface area contributed by atoms with E-state index >= 15 is 0 Å². The van der Waals surface area contributed by atoms with Crippen LogP contribution < -0.4 is 10.6 Å². The lowest BCUT2D eigenvalue weighted by Gasteiger charge is -2.30. The smallest absolute Gasteiger partial charge is 0.0839 e. The van der Waals surface area contributed by atoms with Crippen molar-refractivity contribution in [3.05, 3.63) is 96.1 Å². The maximum atomic E-state index is 4.44. The first-order valence-electron chi connectivity index (χ1n) is 7.79. The molecule has 110 valence electrons. The molecular weight excluding hydrogens is 283 g/mol. The molecule has 0 bridgehead atoms. The maximum Gasteiger partial charge on any atom is 0.134 e. The lowest BCUT2D eigenvalue weighted by Crippen LogP contribution is -2.24. The van der Waals surface area contributed by atoms with Crippen molar-refractivity contribution in [1.82, 2.24) is 0 Å². The van der Waals surface area contributed by atoms with Crippen LogP contribution in [-0.4, -0.2) is 0 Å². The Kier molecular flexibility index (Phi) is 4.41. The monoisotopic (exact) mass is 305 g/mol. The molecule has 3 rings (SSSR count). The molecule has 0 heterocycles. The van der Waals surface area contributed by atoms with Crippen molar-refractivity contribution in [3.8, 4) is 0 Å². The van der Waals surface area contributed by atoms with Gasteiger partial charge in [-0.2, -0.15) is 0 Å². The lowest BCUT2D eigenvalue weighted by molar-refractivity contribution is 1.01. The highest BCUT2D eigenvalue weighted by Crippen LogP contribution is 2.70. The van der Waals surface area contributed by atoms with E-state index in [4.69, 9.17) is 0 Å². The summed E-state index contributed by atoms with van der Waals surface area (Å²) in [7, 11) is -1.73. The fraction of sp³-hybridized carbons (Fsp3) is 0.143. The quantitative estimate of drug-likeness (QED) is 0.661. The van der Waals surface area contributed by atoms with E-state index in [1.54, 1.807) is 5.31 Å². The van der Waals surface area contributed by atoms with Crippen LogP contribution in [0.5, 0.6) is 0 Å². The molecule has 0 fully saturated rings. The lowest BCUT2D eigenvalue weighted by atomic mass is 10.2. The minimum Gasteiger partial charge on any atom is -0.0839 e. The van der Waals surface area contributed by atoms with Crippen LogP contribution in [0.4, 0.5) is 0 Å². The molecule has 0 atom stereocenters. The van der Waals surface area contributed by atoms with Gasteiger partial charge < -0.3 is 0 Å². The highest BCUT2D eigenvalue weighted by atomic mass is 31.2. The molecule has 0 unspecified atom stereocenters. The predicted octanol–water partition coefficient (Wildman–Crippen LogP) is 5.42. The molecule has 2 aromatic carbocycles. The van der Waals surface area contributed by atoms with E-state index in [0.29, 0.717) is 0 Å². The fourth-order valence-corrected chi connectivity index (χ4v) is 7.69. The summed E-state index contributed by atoms with van der Waals surface area (Å²) in [5, 5.41) is 5.65. The van der Waals surface area contributed by atoms with Crippen molar-refractivity contribution in [2.75, 3.05) is 0 Å². The van der Waals surface area contributed by atoms with Gasteiger partial charge in [0.25, 0.3) is 0 Å². The molecule has 0 spiro atoms. The van der Waals surface area contributed by atoms with Gasteiger partial charge in [-0.25, -0.2) is 0 Å². The number of hydrogen-bond donors (Lipinski definition) is 0. The van der Waals surface area contributed by atoms with Crippen LogP contribution in [-0.2, 0) is 0 Å². The van der Waals surface area contributed by atoms with Gasteiger partial charge in [0.1, 0.15) is 17.9 Å². The molecule has 2 aromatic rings. The highest BCUT2D eigenvalue weighted by Gasteiger charge is 2.48. The predicted molar refractivity (Wildman–Crippen MR) is 100 cm³/mol. The van der Waals surface area contributed by atoms with Crippen LogP contribution in [0, 0.1) is 0 Å². The summed E-state index contributed by atoms with van der Waals surface area (Å²) in [6, 6.07) is 21.9. The van der Waals surface area contributed by atoms with Gasteiger partial charge in [0.15, 0.2) is 0 Å². The Bertz CT molecular complexity index is 669. The minimum absolute atomic E-state index is 1.13. The van der Waals surface area contributed by atoms with Gasteiger partial charge in [-0.15, -0.1) is 0 Å². The highest BCUT2D eigenvalue weighted by molar-refractivity contribution is 7.96. The summed E-state index contributed by atoms with van der Waals surface area (Å²) in [4.78, 5) is 0. The van der Waals surface area contributed by atoms with E-state index in [9.17, 15) is 0 Å². The van der Waals surface area contributed by atoms with Gasteiger partial charge in [-0.3, -0.25) is 0 Å². The number of rotatable bonds is 4. The van der Waals surface area contributed by atoms with Crippen molar-refractivity contribution in [3.63, 3.8) is 0 Å². The Labute approximate surface area is 134 Å². The average Bonchev–Trinajstić information content (AvgIpc) is 2.58. The minimum atomic E-state index is -1.73. The molecule has 0 saturated heterocycles. The van der Waals surface area contributed by atoms with Crippen molar-refractivity contribution in [1.29, 1.82) is 0 Å². The third kappa shape index (κ3) is 2.49. The second kappa shape index (κ2) is 6.46. The second-order valence-electron chi connectivity index (χ2n) is 5.70.